The number of Topliss-reactive ketones (excluding diaryl/α,β-unsaturated/α-hetero) is 1. The summed E-state index contributed by atoms with van der Waals surface area (Å²) in [6.07, 6.45) is 4.76. The fourth-order valence-electron chi connectivity index (χ4n) is 1.38. The van der Waals surface area contributed by atoms with Crippen LogP contribution in [0.2, 0.25) is 0 Å². The van der Waals surface area contributed by atoms with Crippen LogP contribution in [0.5, 0.6) is 0 Å². The van der Waals surface area contributed by atoms with Gasteiger partial charge in [0.15, 0.2) is 5.78 Å². The second-order valence-corrected chi connectivity index (χ2v) is 4.46. The number of ketones is 1. The minimum Gasteiger partial charge on any atom is -0.340 e. The van der Waals surface area contributed by atoms with Gasteiger partial charge in [0.1, 0.15) is 5.69 Å². The summed E-state index contributed by atoms with van der Waals surface area (Å²) < 4.78 is 1.79. The minimum atomic E-state index is 0.115. The Morgan fingerprint density at radius 3 is 3.07 bits per heavy atom. The molecule has 0 aliphatic carbocycles. The van der Waals surface area contributed by atoms with Gasteiger partial charge in [-0.2, -0.15) is 0 Å². The average molecular weight is 220 g/mol. The number of hydrogen-bond acceptors (Lipinski definition) is 3. The number of imidazole rings is 1. The van der Waals surface area contributed by atoms with Crippen LogP contribution >= 0.6 is 11.3 Å². The summed E-state index contributed by atoms with van der Waals surface area (Å²) in [5.74, 6) is 0.115. The van der Waals surface area contributed by atoms with Crippen molar-refractivity contribution in [2.45, 2.75) is 12.8 Å². The van der Waals surface area contributed by atoms with Gasteiger partial charge in [-0.1, -0.05) is 6.07 Å². The molecule has 0 fully saturated rings. The molecule has 2 aromatic rings. The van der Waals surface area contributed by atoms with Gasteiger partial charge in [-0.15, -0.1) is 11.3 Å². The van der Waals surface area contributed by atoms with Crippen molar-refractivity contribution in [1.29, 1.82) is 0 Å². The molecule has 15 heavy (non-hydrogen) atoms. The average Bonchev–Trinajstić information content (AvgIpc) is 2.84. The summed E-state index contributed by atoms with van der Waals surface area (Å²) in [7, 11) is 1.86. The normalized spacial score (nSPS) is 10.5. The Bertz CT molecular complexity index is 445. The first-order chi connectivity index (χ1) is 7.25. The van der Waals surface area contributed by atoms with Crippen LogP contribution in [-0.4, -0.2) is 15.3 Å². The van der Waals surface area contributed by atoms with Gasteiger partial charge in [0.25, 0.3) is 0 Å². The zero-order chi connectivity index (χ0) is 10.7. The maximum atomic E-state index is 11.7. The van der Waals surface area contributed by atoms with Crippen LogP contribution in [0.3, 0.4) is 0 Å². The molecule has 0 saturated carbocycles. The lowest BCUT2D eigenvalue weighted by Crippen LogP contribution is -2.00. The number of aryl methyl sites for hydroxylation is 2. The third-order valence-corrected chi connectivity index (χ3v) is 3.11. The van der Waals surface area contributed by atoms with Gasteiger partial charge in [-0.3, -0.25) is 4.79 Å². The monoisotopic (exact) mass is 220 g/mol. The lowest BCUT2D eigenvalue weighted by atomic mass is 10.1. The molecule has 4 heteroatoms. The zero-order valence-corrected chi connectivity index (χ0v) is 9.33. The van der Waals surface area contributed by atoms with Gasteiger partial charge in [0, 0.05) is 24.5 Å². The van der Waals surface area contributed by atoms with E-state index in [-0.39, 0.29) is 5.78 Å². The smallest absolute Gasteiger partial charge is 0.183 e. The largest absolute Gasteiger partial charge is 0.340 e. The van der Waals surface area contributed by atoms with Gasteiger partial charge < -0.3 is 4.57 Å². The molecular formula is C11H12N2OS. The Hall–Kier alpha value is -1.42. The topological polar surface area (TPSA) is 34.9 Å². The van der Waals surface area contributed by atoms with Crippen LogP contribution in [0.25, 0.3) is 0 Å². The van der Waals surface area contributed by atoms with Crippen LogP contribution in [0.1, 0.15) is 21.8 Å². The van der Waals surface area contributed by atoms with Crippen molar-refractivity contribution in [3.8, 4) is 0 Å². The third-order valence-electron chi connectivity index (χ3n) is 2.17. The van der Waals surface area contributed by atoms with Gasteiger partial charge in [0.2, 0.25) is 0 Å². The first kappa shape index (κ1) is 10.1. The molecule has 0 aliphatic heterocycles. The highest BCUT2D eigenvalue weighted by atomic mass is 32.1. The summed E-state index contributed by atoms with van der Waals surface area (Å²) in [4.78, 5) is 17.0. The summed E-state index contributed by atoms with van der Waals surface area (Å²) in [6.45, 7) is 0. The molecular weight excluding hydrogens is 208 g/mol. The van der Waals surface area contributed by atoms with E-state index in [1.807, 2.05) is 18.5 Å². The predicted molar refractivity (Wildman–Crippen MR) is 60.2 cm³/mol. The summed E-state index contributed by atoms with van der Waals surface area (Å²) in [6, 6.07) is 4.06. The Balaban J connectivity index is 1.93. The molecule has 0 unspecified atom stereocenters. The van der Waals surface area contributed by atoms with Crippen molar-refractivity contribution < 1.29 is 4.79 Å². The van der Waals surface area contributed by atoms with Crippen LogP contribution in [-0.2, 0) is 13.5 Å². The minimum absolute atomic E-state index is 0.115. The van der Waals surface area contributed by atoms with Crippen molar-refractivity contribution in [3.05, 3.63) is 40.6 Å². The summed E-state index contributed by atoms with van der Waals surface area (Å²) in [5, 5.41) is 2.03. The molecule has 2 aromatic heterocycles. The molecule has 0 saturated heterocycles. The van der Waals surface area contributed by atoms with E-state index in [9.17, 15) is 4.79 Å². The zero-order valence-electron chi connectivity index (χ0n) is 8.51. The summed E-state index contributed by atoms with van der Waals surface area (Å²) >= 11 is 1.69. The fourth-order valence-corrected chi connectivity index (χ4v) is 2.09. The van der Waals surface area contributed by atoms with Gasteiger partial charge >= 0.3 is 0 Å². The molecule has 2 rings (SSSR count). The van der Waals surface area contributed by atoms with Crippen molar-refractivity contribution in [1.82, 2.24) is 9.55 Å². The van der Waals surface area contributed by atoms with Crippen molar-refractivity contribution in [3.63, 3.8) is 0 Å². The highest BCUT2D eigenvalue weighted by Crippen LogP contribution is 2.12. The van der Waals surface area contributed by atoms with Crippen molar-refractivity contribution in [2.75, 3.05) is 0 Å². The maximum Gasteiger partial charge on any atom is 0.183 e. The van der Waals surface area contributed by atoms with E-state index < -0.39 is 0 Å². The SMILES string of the molecule is Cn1cnc(C(=O)CCc2cccs2)c1. The number of carbonyl (C=O) groups is 1. The number of carbonyl (C=O) groups excluding carboxylic acids is 1. The predicted octanol–water partition coefficient (Wildman–Crippen LogP) is 2.30. The van der Waals surface area contributed by atoms with Gasteiger partial charge in [0.05, 0.1) is 6.33 Å². The van der Waals surface area contributed by atoms with E-state index in [2.05, 4.69) is 11.1 Å². The number of aromatic nitrogens is 2. The second-order valence-electron chi connectivity index (χ2n) is 3.43. The number of hydrogen-bond donors (Lipinski definition) is 0. The quantitative estimate of drug-likeness (QED) is 0.741. The van der Waals surface area contributed by atoms with E-state index in [1.54, 1.807) is 28.4 Å². The molecule has 0 aliphatic rings. The van der Waals surface area contributed by atoms with E-state index in [1.165, 1.54) is 4.88 Å². The second kappa shape index (κ2) is 4.40. The third kappa shape index (κ3) is 2.53. The van der Waals surface area contributed by atoms with Gasteiger partial charge in [-0.25, -0.2) is 4.98 Å². The number of nitrogens with zero attached hydrogens (tertiary/aromatic N) is 2. The molecule has 0 bridgehead atoms. The molecule has 2 heterocycles. The lowest BCUT2D eigenvalue weighted by molar-refractivity contribution is 0.0978. The molecule has 78 valence electrons. The van der Waals surface area contributed by atoms with E-state index in [0.717, 1.165) is 6.42 Å². The summed E-state index contributed by atoms with van der Waals surface area (Å²) in [5.41, 5.74) is 0.564. The molecule has 0 spiro atoms. The number of thiophene rings is 1. The first-order valence-electron chi connectivity index (χ1n) is 4.79. The van der Waals surface area contributed by atoms with E-state index >= 15 is 0 Å². The lowest BCUT2D eigenvalue weighted by Gasteiger charge is -1.95. The molecule has 0 amide bonds. The first-order valence-corrected chi connectivity index (χ1v) is 5.67. The Morgan fingerprint density at radius 1 is 1.60 bits per heavy atom. The molecule has 0 radical (unpaired) electrons. The number of rotatable bonds is 4. The maximum absolute atomic E-state index is 11.7. The van der Waals surface area contributed by atoms with E-state index in [4.69, 9.17) is 0 Å². The van der Waals surface area contributed by atoms with Crippen LogP contribution in [0.4, 0.5) is 0 Å². The molecule has 0 aromatic carbocycles. The standard InChI is InChI=1S/C11H12N2OS/c1-13-7-10(12-8-13)11(14)5-4-9-3-2-6-15-9/h2-3,6-8H,4-5H2,1H3. The highest BCUT2D eigenvalue weighted by molar-refractivity contribution is 7.09. The Morgan fingerprint density at radius 2 is 2.47 bits per heavy atom. The molecule has 0 N–H and O–H groups in total. The molecule has 0 atom stereocenters. The Labute approximate surface area is 92.4 Å². The fraction of sp³-hybridized carbons (Fsp3) is 0.273. The van der Waals surface area contributed by atoms with Crippen molar-refractivity contribution in [2.24, 2.45) is 7.05 Å². The van der Waals surface area contributed by atoms with E-state index in [0.29, 0.717) is 12.1 Å². The van der Waals surface area contributed by atoms with Crippen LogP contribution < -0.4 is 0 Å². The highest BCUT2D eigenvalue weighted by Gasteiger charge is 2.08. The Kier molecular flexibility index (Phi) is 2.97. The van der Waals surface area contributed by atoms with Crippen LogP contribution in [0, 0.1) is 0 Å². The van der Waals surface area contributed by atoms with Crippen molar-refractivity contribution >= 4 is 17.1 Å². The van der Waals surface area contributed by atoms with Crippen LogP contribution in [0.15, 0.2) is 30.0 Å². The van der Waals surface area contributed by atoms with Gasteiger partial charge in [-0.05, 0) is 17.9 Å². The molecule has 3 nitrogen and oxygen atoms in total.